The van der Waals surface area contributed by atoms with Gasteiger partial charge in [0.25, 0.3) is 0 Å². The van der Waals surface area contributed by atoms with E-state index < -0.39 is 0 Å². The van der Waals surface area contributed by atoms with Crippen LogP contribution >= 0.6 is 11.8 Å². The Labute approximate surface area is 217 Å². The highest BCUT2D eigenvalue weighted by Gasteiger charge is 2.20. The standard InChI is InChI=1S/C29H22N4O3S/c34-25-18-10-8-16-23(25)28-31-32-29(33(28)21-13-5-2-6-14-21)37-19-26(35)30-24-17-9-7-15-22(24)27(36)20-11-3-1-4-12-20/h1-18,34H,19H2,(H,30,35). The fourth-order valence-corrected chi connectivity index (χ4v) is 4.61. The Hall–Kier alpha value is -4.69. The predicted molar refractivity (Wildman–Crippen MR) is 144 cm³/mol. The molecule has 182 valence electrons. The zero-order valence-corrected chi connectivity index (χ0v) is 20.4. The summed E-state index contributed by atoms with van der Waals surface area (Å²) in [6, 6.07) is 32.3. The maximum Gasteiger partial charge on any atom is 0.234 e. The SMILES string of the molecule is O=C(CSc1nnc(-c2ccccc2O)n1-c1ccccc1)Nc1ccccc1C(=O)c1ccccc1. The molecule has 0 fully saturated rings. The minimum absolute atomic E-state index is 0.0413. The molecule has 1 aromatic heterocycles. The second-order valence-corrected chi connectivity index (χ2v) is 9.01. The van der Waals surface area contributed by atoms with Gasteiger partial charge in [0.15, 0.2) is 16.8 Å². The van der Waals surface area contributed by atoms with E-state index in [1.807, 2.05) is 42.5 Å². The Morgan fingerprint density at radius 2 is 1.43 bits per heavy atom. The number of ketones is 1. The average molecular weight is 507 g/mol. The molecule has 1 heterocycles. The zero-order chi connectivity index (χ0) is 25.6. The molecule has 2 N–H and O–H groups in total. The number of hydrogen-bond acceptors (Lipinski definition) is 6. The number of carbonyl (C=O) groups is 2. The third-order valence-corrected chi connectivity index (χ3v) is 6.54. The van der Waals surface area contributed by atoms with Crippen LogP contribution in [0.1, 0.15) is 15.9 Å². The number of para-hydroxylation sites is 3. The molecular formula is C29H22N4O3S. The summed E-state index contributed by atoms with van der Waals surface area (Å²) < 4.78 is 1.81. The van der Waals surface area contributed by atoms with Gasteiger partial charge in [-0.1, -0.05) is 84.6 Å². The number of benzene rings is 4. The molecule has 0 unspecified atom stereocenters. The second kappa shape index (κ2) is 10.9. The van der Waals surface area contributed by atoms with E-state index in [1.165, 1.54) is 11.8 Å². The van der Waals surface area contributed by atoms with E-state index in [4.69, 9.17) is 0 Å². The molecular weight excluding hydrogens is 484 g/mol. The van der Waals surface area contributed by atoms with Crippen LogP contribution in [0.2, 0.25) is 0 Å². The lowest BCUT2D eigenvalue weighted by atomic mass is 10.0. The average Bonchev–Trinajstić information content (AvgIpc) is 3.37. The number of hydrogen-bond donors (Lipinski definition) is 2. The largest absolute Gasteiger partial charge is 0.507 e. The van der Waals surface area contributed by atoms with E-state index in [0.717, 1.165) is 5.69 Å². The highest BCUT2D eigenvalue weighted by atomic mass is 32.2. The molecule has 5 rings (SSSR count). The van der Waals surface area contributed by atoms with E-state index in [0.29, 0.717) is 33.4 Å². The minimum Gasteiger partial charge on any atom is -0.507 e. The number of carbonyl (C=O) groups excluding carboxylic acids is 2. The van der Waals surface area contributed by atoms with Crippen LogP contribution in [-0.4, -0.2) is 37.3 Å². The van der Waals surface area contributed by atoms with Gasteiger partial charge in [-0.3, -0.25) is 14.2 Å². The first kappa shape index (κ1) is 24.0. The molecule has 37 heavy (non-hydrogen) atoms. The first-order chi connectivity index (χ1) is 18.1. The monoisotopic (exact) mass is 506 g/mol. The molecule has 1 amide bonds. The van der Waals surface area contributed by atoms with Crippen LogP contribution in [0.3, 0.4) is 0 Å². The maximum absolute atomic E-state index is 13.0. The summed E-state index contributed by atoms with van der Waals surface area (Å²) >= 11 is 1.21. The molecule has 0 aliphatic carbocycles. The molecule has 7 nitrogen and oxygen atoms in total. The van der Waals surface area contributed by atoms with Crippen molar-refractivity contribution in [2.45, 2.75) is 5.16 Å². The molecule has 0 atom stereocenters. The smallest absolute Gasteiger partial charge is 0.234 e. The van der Waals surface area contributed by atoms with E-state index in [9.17, 15) is 14.7 Å². The van der Waals surface area contributed by atoms with Crippen LogP contribution in [0, 0.1) is 0 Å². The molecule has 8 heteroatoms. The van der Waals surface area contributed by atoms with Crippen molar-refractivity contribution in [1.29, 1.82) is 0 Å². The van der Waals surface area contributed by atoms with Crippen molar-refractivity contribution >= 4 is 29.1 Å². The molecule has 0 spiro atoms. The highest BCUT2D eigenvalue weighted by Crippen LogP contribution is 2.32. The number of thioether (sulfide) groups is 1. The number of aromatic nitrogens is 3. The first-order valence-corrected chi connectivity index (χ1v) is 12.5. The maximum atomic E-state index is 13.0. The van der Waals surface area contributed by atoms with Crippen molar-refractivity contribution in [1.82, 2.24) is 14.8 Å². The van der Waals surface area contributed by atoms with Crippen molar-refractivity contribution in [3.05, 3.63) is 120 Å². The normalized spacial score (nSPS) is 10.7. The van der Waals surface area contributed by atoms with Gasteiger partial charge >= 0.3 is 0 Å². The predicted octanol–water partition coefficient (Wildman–Crippen LogP) is 5.60. The van der Waals surface area contributed by atoms with Crippen molar-refractivity contribution in [2.75, 3.05) is 11.1 Å². The zero-order valence-electron chi connectivity index (χ0n) is 19.6. The number of anilines is 1. The number of aromatic hydroxyl groups is 1. The van der Waals surface area contributed by atoms with Gasteiger partial charge in [-0.05, 0) is 36.4 Å². The number of nitrogens with one attached hydrogen (secondary N) is 1. The molecule has 0 aliphatic heterocycles. The minimum atomic E-state index is -0.287. The van der Waals surface area contributed by atoms with Gasteiger partial charge in [-0.15, -0.1) is 10.2 Å². The molecule has 0 aliphatic rings. The van der Waals surface area contributed by atoms with Crippen molar-refractivity contribution in [2.24, 2.45) is 0 Å². The Morgan fingerprint density at radius 3 is 2.19 bits per heavy atom. The summed E-state index contributed by atoms with van der Waals surface area (Å²) in [5.74, 6) is 0.136. The van der Waals surface area contributed by atoms with Gasteiger partial charge in [0, 0.05) is 16.8 Å². The third-order valence-electron chi connectivity index (χ3n) is 5.61. The Morgan fingerprint density at radius 1 is 0.784 bits per heavy atom. The molecule has 0 saturated carbocycles. The summed E-state index contributed by atoms with van der Waals surface area (Å²) in [5.41, 5.74) is 2.74. The van der Waals surface area contributed by atoms with Gasteiger partial charge in [-0.2, -0.15) is 0 Å². The quantitative estimate of drug-likeness (QED) is 0.210. The highest BCUT2D eigenvalue weighted by molar-refractivity contribution is 7.99. The Balaban J connectivity index is 1.38. The molecule has 0 saturated heterocycles. The molecule has 4 aromatic carbocycles. The lowest BCUT2D eigenvalue weighted by molar-refractivity contribution is -0.113. The van der Waals surface area contributed by atoms with Gasteiger partial charge in [-0.25, -0.2) is 0 Å². The number of phenolic OH excluding ortho intramolecular Hbond substituents is 1. The van der Waals surface area contributed by atoms with Crippen LogP contribution in [0.4, 0.5) is 5.69 Å². The summed E-state index contributed by atoms with van der Waals surface area (Å²) in [4.78, 5) is 25.9. The second-order valence-electron chi connectivity index (χ2n) is 8.07. The van der Waals surface area contributed by atoms with Crippen molar-refractivity contribution in [3.63, 3.8) is 0 Å². The summed E-state index contributed by atoms with van der Waals surface area (Å²) in [6.45, 7) is 0. The third kappa shape index (κ3) is 5.29. The fraction of sp³-hybridized carbons (Fsp3) is 0.0345. The summed E-state index contributed by atoms with van der Waals surface area (Å²) in [6.07, 6.45) is 0. The Kier molecular flexibility index (Phi) is 7.09. The number of phenols is 1. The van der Waals surface area contributed by atoms with E-state index in [2.05, 4.69) is 15.5 Å². The fourth-order valence-electron chi connectivity index (χ4n) is 3.86. The van der Waals surface area contributed by atoms with Gasteiger partial charge in [0.2, 0.25) is 5.91 Å². The van der Waals surface area contributed by atoms with E-state index >= 15 is 0 Å². The topological polar surface area (TPSA) is 97.1 Å². The van der Waals surface area contributed by atoms with Crippen LogP contribution < -0.4 is 5.32 Å². The lowest BCUT2D eigenvalue weighted by Gasteiger charge is -2.12. The molecule has 0 radical (unpaired) electrons. The number of amides is 1. The first-order valence-electron chi connectivity index (χ1n) is 11.5. The molecule has 5 aromatic rings. The van der Waals surface area contributed by atoms with Crippen molar-refractivity contribution < 1.29 is 14.7 Å². The van der Waals surface area contributed by atoms with Crippen LogP contribution in [0.15, 0.2) is 114 Å². The van der Waals surface area contributed by atoms with E-state index in [-0.39, 0.29) is 23.2 Å². The summed E-state index contributed by atoms with van der Waals surface area (Å²) in [7, 11) is 0. The Bertz CT molecular complexity index is 1550. The van der Waals surface area contributed by atoms with Crippen molar-refractivity contribution in [3.8, 4) is 22.8 Å². The molecule has 0 bridgehead atoms. The summed E-state index contributed by atoms with van der Waals surface area (Å²) in [5, 5.41) is 22.4. The van der Waals surface area contributed by atoms with Gasteiger partial charge < -0.3 is 10.4 Å². The number of rotatable bonds is 8. The van der Waals surface area contributed by atoms with E-state index in [1.54, 1.807) is 71.3 Å². The number of nitrogens with zero attached hydrogens (tertiary/aromatic N) is 3. The van der Waals surface area contributed by atoms with Crippen LogP contribution in [0.5, 0.6) is 5.75 Å². The van der Waals surface area contributed by atoms with Crippen LogP contribution in [-0.2, 0) is 4.79 Å². The van der Waals surface area contributed by atoms with Crippen LogP contribution in [0.25, 0.3) is 17.1 Å². The van der Waals surface area contributed by atoms with Gasteiger partial charge in [0.05, 0.1) is 17.0 Å². The lowest BCUT2D eigenvalue weighted by Crippen LogP contribution is -2.17. The van der Waals surface area contributed by atoms with Gasteiger partial charge in [0.1, 0.15) is 5.75 Å².